The van der Waals surface area contributed by atoms with Gasteiger partial charge in [-0.05, 0) is 47.9 Å². The van der Waals surface area contributed by atoms with Gasteiger partial charge in [0.05, 0.1) is 31.4 Å². The van der Waals surface area contributed by atoms with Crippen LogP contribution in [-0.2, 0) is 48.2 Å². The molecule has 2 fully saturated rings. The topological polar surface area (TPSA) is 116 Å². The molecule has 0 aliphatic carbocycles. The van der Waals surface area contributed by atoms with E-state index in [1.165, 1.54) is 12.5 Å². The van der Waals surface area contributed by atoms with E-state index < -0.39 is 51.2 Å². The van der Waals surface area contributed by atoms with Crippen molar-refractivity contribution in [3.05, 3.63) is 46.0 Å². The highest BCUT2D eigenvalue weighted by Crippen LogP contribution is 2.41. The number of halogens is 3. The molecule has 2 saturated heterocycles. The summed E-state index contributed by atoms with van der Waals surface area (Å²) in [4.78, 5) is 9.29. The molecule has 3 aromatic rings. The Bertz CT molecular complexity index is 1790. The van der Waals surface area contributed by atoms with E-state index in [4.69, 9.17) is 39.7 Å². The van der Waals surface area contributed by atoms with Crippen molar-refractivity contribution in [3.8, 4) is 11.9 Å². The molecule has 2 aromatic heterocycles. The lowest BCUT2D eigenvalue weighted by Crippen LogP contribution is -2.47. The molecule has 2 aliphatic rings. The number of aromatic nitrogens is 3. The second-order valence-corrected chi connectivity index (χ2v) is 26.3. The highest BCUT2D eigenvalue weighted by molar-refractivity contribution is 7.92. The van der Waals surface area contributed by atoms with Gasteiger partial charge < -0.3 is 28.1 Å². The summed E-state index contributed by atoms with van der Waals surface area (Å²) in [5.74, 6) is -1.68. The van der Waals surface area contributed by atoms with Crippen LogP contribution in [0.25, 0.3) is 11.2 Å². The molecular weight excluding hydrogens is 726 g/mol. The van der Waals surface area contributed by atoms with Gasteiger partial charge in [0.2, 0.25) is 5.88 Å². The number of rotatable bonds is 14. The van der Waals surface area contributed by atoms with Crippen molar-refractivity contribution >= 4 is 49.6 Å². The first kappa shape index (κ1) is 39.0. The zero-order valence-electron chi connectivity index (χ0n) is 30.3. The number of pyridine rings is 1. The Kier molecular flexibility index (Phi) is 12.0. The van der Waals surface area contributed by atoms with Crippen molar-refractivity contribution in [2.75, 3.05) is 32.3 Å². The van der Waals surface area contributed by atoms with Crippen LogP contribution in [0.2, 0.25) is 42.3 Å². The van der Waals surface area contributed by atoms with E-state index in [2.05, 4.69) is 61.3 Å². The maximum Gasteiger partial charge on any atom is 0.301 e. The Hall–Kier alpha value is -2.19. The summed E-state index contributed by atoms with van der Waals surface area (Å²) in [7, 11) is -5.33. The van der Waals surface area contributed by atoms with Gasteiger partial charge in [-0.2, -0.15) is 9.97 Å². The first-order valence-electron chi connectivity index (χ1n) is 16.8. The Labute approximate surface area is 301 Å². The molecule has 0 amide bonds. The van der Waals surface area contributed by atoms with E-state index >= 15 is 0 Å². The van der Waals surface area contributed by atoms with Crippen LogP contribution in [0.3, 0.4) is 0 Å². The smallest absolute Gasteiger partial charge is 0.301 e. The van der Waals surface area contributed by atoms with Gasteiger partial charge in [0.15, 0.2) is 20.1 Å². The van der Waals surface area contributed by atoms with E-state index in [0.717, 1.165) is 18.2 Å². The largest absolute Gasteiger partial charge is 0.471 e. The summed E-state index contributed by atoms with van der Waals surface area (Å²) in [5, 5.41) is 0.145. The van der Waals surface area contributed by atoms with Gasteiger partial charge in [-0.15, -0.1) is 0 Å². The lowest BCUT2D eigenvalue weighted by molar-refractivity contribution is 0.00688. The minimum atomic E-state index is -2.42. The van der Waals surface area contributed by atoms with Gasteiger partial charge in [-0.3, -0.25) is 8.78 Å². The van der Waals surface area contributed by atoms with Crippen LogP contribution in [-0.4, -0.2) is 92.6 Å². The third kappa shape index (κ3) is 9.24. The van der Waals surface area contributed by atoms with Crippen molar-refractivity contribution in [2.45, 2.75) is 102 Å². The van der Waals surface area contributed by atoms with Gasteiger partial charge in [-0.1, -0.05) is 45.5 Å². The first-order chi connectivity index (χ1) is 23.3. The van der Waals surface area contributed by atoms with Crippen molar-refractivity contribution in [1.82, 2.24) is 14.5 Å². The average Bonchev–Trinajstić information content (AvgIpc) is 3.67. The summed E-state index contributed by atoms with van der Waals surface area (Å²) < 4.78 is 84.8. The highest BCUT2D eigenvalue weighted by atomic mass is 35.5. The SMILES string of the molecule is C[SiH](C)CCOCn1c(O[C@@H]2CO[C@H]3[C@@H]2OC[C@H]3O[Si](C)(C)C(C)(C)C)nc2cc(Cl)c(OCc3c(F)cc(CN=S(C)(C)=O)cc3F)nc21. The molecule has 0 spiro atoms. The first-order valence-corrected chi connectivity index (χ1v) is 25.5. The zero-order chi connectivity index (χ0) is 36.6. The number of ether oxygens (including phenoxy) is 5. The summed E-state index contributed by atoms with van der Waals surface area (Å²) in [5.41, 5.74) is 0.746. The molecule has 0 bridgehead atoms. The van der Waals surface area contributed by atoms with Crippen LogP contribution < -0.4 is 9.47 Å². The number of benzene rings is 1. The summed E-state index contributed by atoms with van der Waals surface area (Å²) in [6.45, 7) is 16.3. The van der Waals surface area contributed by atoms with Crippen LogP contribution in [0.4, 0.5) is 8.78 Å². The number of fused-ring (bicyclic) bond motifs is 2. The minimum Gasteiger partial charge on any atom is -0.471 e. The van der Waals surface area contributed by atoms with Crippen molar-refractivity contribution < 1.29 is 41.1 Å². The van der Waals surface area contributed by atoms with Crippen molar-refractivity contribution in [3.63, 3.8) is 0 Å². The molecule has 0 unspecified atom stereocenters. The van der Waals surface area contributed by atoms with E-state index in [1.54, 1.807) is 10.6 Å². The second kappa shape index (κ2) is 15.4. The maximum absolute atomic E-state index is 15.0. The summed E-state index contributed by atoms with van der Waals surface area (Å²) >= 11 is 6.54. The van der Waals surface area contributed by atoms with Crippen LogP contribution in [0.1, 0.15) is 31.9 Å². The Balaban J connectivity index is 1.36. The third-order valence-electron chi connectivity index (χ3n) is 9.25. The van der Waals surface area contributed by atoms with E-state index in [-0.39, 0.29) is 71.3 Å². The Morgan fingerprint density at radius 1 is 1.08 bits per heavy atom. The highest BCUT2D eigenvalue weighted by Gasteiger charge is 2.52. The number of nitrogens with zero attached hydrogens (tertiary/aromatic N) is 4. The molecule has 0 radical (unpaired) electrons. The lowest BCUT2D eigenvalue weighted by atomic mass is 10.1. The molecule has 5 rings (SSSR count). The molecule has 278 valence electrons. The molecule has 0 N–H and O–H groups in total. The molecule has 50 heavy (non-hydrogen) atoms. The summed E-state index contributed by atoms with van der Waals surface area (Å²) in [6, 6.07) is 5.10. The number of hydrogen-bond acceptors (Lipinski definition) is 10. The monoisotopic (exact) mass is 774 g/mol. The predicted octanol–water partition coefficient (Wildman–Crippen LogP) is 6.57. The fourth-order valence-electron chi connectivity index (χ4n) is 5.35. The maximum atomic E-state index is 15.0. The minimum absolute atomic E-state index is 0.0370. The lowest BCUT2D eigenvalue weighted by Gasteiger charge is -2.39. The molecule has 0 saturated carbocycles. The van der Waals surface area contributed by atoms with Crippen LogP contribution >= 0.6 is 11.6 Å². The molecule has 2 aliphatic heterocycles. The van der Waals surface area contributed by atoms with Crippen LogP contribution in [0.15, 0.2) is 22.6 Å². The van der Waals surface area contributed by atoms with Crippen molar-refractivity contribution in [1.29, 1.82) is 0 Å². The summed E-state index contributed by atoms with van der Waals surface area (Å²) in [6.07, 6.45) is 1.65. The zero-order valence-corrected chi connectivity index (χ0v) is 34.0. The third-order valence-corrected chi connectivity index (χ3v) is 16.2. The van der Waals surface area contributed by atoms with Crippen molar-refractivity contribution in [2.24, 2.45) is 4.36 Å². The molecule has 1 aromatic carbocycles. The average molecular weight is 775 g/mol. The van der Waals surface area contributed by atoms with Crippen LogP contribution in [0, 0.1) is 11.6 Å². The van der Waals surface area contributed by atoms with E-state index in [0.29, 0.717) is 24.4 Å². The second-order valence-electron chi connectivity index (χ2n) is 15.1. The predicted molar refractivity (Wildman–Crippen MR) is 195 cm³/mol. The van der Waals surface area contributed by atoms with Gasteiger partial charge in [0, 0.05) is 37.6 Å². The van der Waals surface area contributed by atoms with E-state index in [9.17, 15) is 13.0 Å². The standard InChI is InChI=1S/C33H49ClF2N4O7SSi2/c1-33(2,3)50(8,9)47-27-18-44-28-26(17-43-29(27)28)46-32-38-25-14-22(34)31(39-30(25)40(32)19-42-10-11-49(6)7)45-16-21-23(35)12-20(13-24(21)36)15-37-48(4,5)41/h12-14,26-29,49H,10-11,15-19H2,1-9H3/t26-,27-,28-,29-/m1/s1. The fourth-order valence-corrected chi connectivity index (χ4v) is 7.96. The Morgan fingerprint density at radius 2 is 1.72 bits per heavy atom. The number of hydrogen-bond donors (Lipinski definition) is 0. The molecule has 11 nitrogen and oxygen atoms in total. The molecule has 17 heteroatoms. The fraction of sp³-hybridized carbons (Fsp3) is 0.636. The van der Waals surface area contributed by atoms with Gasteiger partial charge in [0.25, 0.3) is 0 Å². The van der Waals surface area contributed by atoms with Crippen LogP contribution in [0.5, 0.6) is 11.9 Å². The number of imidazole rings is 1. The molecular formula is C33H49ClF2N4O7SSi2. The van der Waals surface area contributed by atoms with Gasteiger partial charge >= 0.3 is 6.01 Å². The van der Waals surface area contributed by atoms with Gasteiger partial charge in [-0.25, -0.2) is 13.1 Å². The molecule has 4 atom stereocenters. The molecule has 4 heterocycles. The van der Waals surface area contributed by atoms with Gasteiger partial charge in [0.1, 0.15) is 47.7 Å². The van der Waals surface area contributed by atoms with E-state index in [1.807, 2.05) is 0 Å². The quantitative estimate of drug-likeness (QED) is 0.133. The Morgan fingerprint density at radius 3 is 2.34 bits per heavy atom. The normalized spacial score (nSPS) is 21.3.